The van der Waals surface area contributed by atoms with E-state index in [1.54, 1.807) is 0 Å². The summed E-state index contributed by atoms with van der Waals surface area (Å²) in [7, 11) is 0. The number of benzene rings is 1. The number of pyridine rings is 1. The second-order valence-corrected chi connectivity index (χ2v) is 3.73. The lowest BCUT2D eigenvalue weighted by Gasteiger charge is -1.96. The molecule has 0 radical (unpaired) electrons. The number of aromatic nitrogens is 1. The van der Waals surface area contributed by atoms with Crippen LogP contribution in [0.2, 0.25) is 0 Å². The summed E-state index contributed by atoms with van der Waals surface area (Å²) in [6, 6.07) is 5.43. The van der Waals surface area contributed by atoms with E-state index in [1.165, 1.54) is 12.1 Å². The van der Waals surface area contributed by atoms with Gasteiger partial charge in [0.15, 0.2) is 0 Å². The average molecular weight is 275 g/mol. The number of hydrogen-bond acceptors (Lipinski definition) is 4. The predicted molar refractivity (Wildman–Crippen MR) is 67.6 cm³/mol. The predicted octanol–water partition coefficient (Wildman–Crippen LogP) is 2.25. The van der Waals surface area contributed by atoms with E-state index in [0.29, 0.717) is 6.07 Å². The van der Waals surface area contributed by atoms with Gasteiger partial charge in [-0.15, -0.1) is 0 Å². The first-order chi connectivity index (χ1) is 9.47. The maximum absolute atomic E-state index is 13.3. The van der Waals surface area contributed by atoms with Crippen LogP contribution >= 0.6 is 0 Å². The third-order valence-corrected chi connectivity index (χ3v) is 2.36. The zero-order valence-electron chi connectivity index (χ0n) is 9.93. The molecule has 100 valence electrons. The van der Waals surface area contributed by atoms with Gasteiger partial charge >= 0.3 is 5.69 Å². The molecule has 1 heterocycles. The fourth-order valence-electron chi connectivity index (χ4n) is 1.41. The molecule has 0 unspecified atom stereocenters. The molecular weight excluding hydrogens is 268 g/mol. The number of nitro groups is 1. The minimum atomic E-state index is -0.799. The van der Waals surface area contributed by atoms with Crippen LogP contribution in [0.3, 0.4) is 0 Å². The first-order valence-electron chi connectivity index (χ1n) is 5.35. The van der Waals surface area contributed by atoms with Crippen LogP contribution in [-0.4, -0.2) is 9.91 Å². The highest BCUT2D eigenvalue weighted by Gasteiger charge is 2.11. The van der Waals surface area contributed by atoms with Crippen molar-refractivity contribution in [1.82, 2.24) is 4.98 Å². The first kappa shape index (κ1) is 13.4. The van der Waals surface area contributed by atoms with Crippen LogP contribution in [-0.2, 0) is 0 Å². The van der Waals surface area contributed by atoms with Crippen LogP contribution in [0, 0.1) is 33.6 Å². The van der Waals surface area contributed by atoms with Crippen molar-refractivity contribution in [3.8, 4) is 11.8 Å². The van der Waals surface area contributed by atoms with E-state index >= 15 is 0 Å². The summed E-state index contributed by atoms with van der Waals surface area (Å²) in [6.07, 6.45) is 0. The molecule has 7 heteroatoms. The fraction of sp³-hybridized carbons (Fsp3) is 0. The molecule has 1 aromatic heterocycles. The fourth-order valence-corrected chi connectivity index (χ4v) is 1.41. The van der Waals surface area contributed by atoms with Crippen molar-refractivity contribution in [1.29, 1.82) is 0 Å². The largest absolute Gasteiger partial charge is 0.378 e. The number of nitrogens with zero attached hydrogens (tertiary/aromatic N) is 2. The van der Waals surface area contributed by atoms with Crippen molar-refractivity contribution >= 4 is 11.5 Å². The summed E-state index contributed by atoms with van der Waals surface area (Å²) in [6.45, 7) is 0. The zero-order chi connectivity index (χ0) is 14.7. The lowest BCUT2D eigenvalue weighted by atomic mass is 10.2. The van der Waals surface area contributed by atoms with E-state index in [4.69, 9.17) is 5.73 Å². The zero-order valence-corrected chi connectivity index (χ0v) is 9.93. The maximum Gasteiger partial charge on any atom is 0.311 e. The Morgan fingerprint density at radius 2 is 1.95 bits per heavy atom. The molecule has 0 bridgehead atoms. The number of nitrogen functional groups attached to an aromatic ring is 1. The molecule has 2 N–H and O–H groups in total. The van der Waals surface area contributed by atoms with Gasteiger partial charge in [0.2, 0.25) is 5.82 Å². The molecule has 0 aliphatic carbocycles. The van der Waals surface area contributed by atoms with E-state index in [-0.39, 0.29) is 22.8 Å². The van der Waals surface area contributed by atoms with E-state index in [9.17, 15) is 18.9 Å². The van der Waals surface area contributed by atoms with Crippen LogP contribution in [0.25, 0.3) is 0 Å². The Morgan fingerprint density at radius 3 is 2.55 bits per heavy atom. The van der Waals surface area contributed by atoms with Crippen LogP contribution in [0.15, 0.2) is 30.3 Å². The van der Waals surface area contributed by atoms with Crippen molar-refractivity contribution < 1.29 is 13.7 Å². The number of anilines is 1. The van der Waals surface area contributed by atoms with Gasteiger partial charge in [0.05, 0.1) is 10.5 Å². The topological polar surface area (TPSA) is 82.0 Å². The quantitative estimate of drug-likeness (QED) is 0.491. The normalized spacial score (nSPS) is 9.70. The minimum Gasteiger partial charge on any atom is -0.378 e. The standard InChI is InChI=1S/C13H7F2N3O2/c14-9-3-1-8(11(15)7-9)2-4-10-5-6-12(18(19)20)13(16)17-10/h1,3,5-7H,(H2,16,17). The highest BCUT2D eigenvalue weighted by atomic mass is 19.1. The average Bonchev–Trinajstić information content (AvgIpc) is 2.37. The summed E-state index contributed by atoms with van der Waals surface area (Å²) in [5.74, 6) is 3.18. The van der Waals surface area contributed by atoms with Crippen molar-refractivity contribution in [3.05, 3.63) is 63.3 Å². The molecule has 20 heavy (non-hydrogen) atoms. The number of hydrogen-bond donors (Lipinski definition) is 1. The molecule has 0 aliphatic heterocycles. The number of halogens is 2. The molecule has 0 saturated carbocycles. The monoisotopic (exact) mass is 275 g/mol. The third kappa shape index (κ3) is 2.87. The Morgan fingerprint density at radius 1 is 1.20 bits per heavy atom. The second-order valence-electron chi connectivity index (χ2n) is 3.73. The van der Waals surface area contributed by atoms with Crippen LogP contribution < -0.4 is 5.73 Å². The summed E-state index contributed by atoms with van der Waals surface area (Å²) < 4.78 is 26.0. The lowest BCUT2D eigenvalue weighted by molar-refractivity contribution is -0.384. The Hall–Kier alpha value is -3.01. The van der Waals surface area contributed by atoms with E-state index < -0.39 is 16.6 Å². The van der Waals surface area contributed by atoms with Gasteiger partial charge in [0, 0.05) is 12.1 Å². The summed E-state index contributed by atoms with van der Waals surface area (Å²) >= 11 is 0. The first-order valence-corrected chi connectivity index (χ1v) is 5.35. The summed E-state index contributed by atoms with van der Waals surface area (Å²) in [5, 5.41) is 10.6. The molecule has 0 spiro atoms. The van der Waals surface area contributed by atoms with Crippen molar-refractivity contribution in [2.45, 2.75) is 0 Å². The molecule has 1 aromatic carbocycles. The van der Waals surface area contributed by atoms with E-state index in [1.807, 2.05) is 0 Å². The van der Waals surface area contributed by atoms with E-state index in [2.05, 4.69) is 16.8 Å². The Bertz CT molecular complexity index is 751. The van der Waals surface area contributed by atoms with Crippen LogP contribution in [0.1, 0.15) is 11.3 Å². The van der Waals surface area contributed by atoms with Gasteiger partial charge in [-0.1, -0.05) is 5.92 Å². The third-order valence-electron chi connectivity index (χ3n) is 2.36. The van der Waals surface area contributed by atoms with Gasteiger partial charge in [-0.05, 0) is 24.1 Å². The molecule has 2 rings (SSSR count). The van der Waals surface area contributed by atoms with Crippen LogP contribution in [0.4, 0.5) is 20.3 Å². The molecule has 0 aliphatic rings. The Kier molecular flexibility index (Phi) is 3.57. The Balaban J connectivity index is 2.34. The molecule has 0 saturated heterocycles. The smallest absolute Gasteiger partial charge is 0.311 e. The molecular formula is C13H7F2N3O2. The van der Waals surface area contributed by atoms with Gasteiger partial charge in [0.1, 0.15) is 17.3 Å². The Labute approximate surface area is 112 Å². The molecule has 0 fully saturated rings. The summed E-state index contributed by atoms with van der Waals surface area (Å²) in [5.41, 5.74) is 5.21. The highest BCUT2D eigenvalue weighted by molar-refractivity contribution is 5.54. The maximum atomic E-state index is 13.3. The van der Waals surface area contributed by atoms with Crippen molar-refractivity contribution in [3.63, 3.8) is 0 Å². The molecule has 0 atom stereocenters. The number of nitrogens with two attached hydrogens (primary N) is 1. The van der Waals surface area contributed by atoms with Gasteiger partial charge in [0.25, 0.3) is 0 Å². The molecule has 2 aromatic rings. The minimum absolute atomic E-state index is 0.00914. The lowest BCUT2D eigenvalue weighted by Crippen LogP contribution is -1.99. The second kappa shape index (κ2) is 5.32. The SMILES string of the molecule is Nc1nc(C#Cc2ccc(F)cc2F)ccc1[N+](=O)[O-]. The molecule has 0 amide bonds. The summed E-state index contributed by atoms with van der Waals surface area (Å²) in [4.78, 5) is 13.6. The van der Waals surface area contributed by atoms with Crippen LogP contribution in [0.5, 0.6) is 0 Å². The van der Waals surface area contributed by atoms with E-state index in [0.717, 1.165) is 12.1 Å². The number of rotatable bonds is 1. The van der Waals surface area contributed by atoms with Gasteiger partial charge in [-0.3, -0.25) is 10.1 Å². The van der Waals surface area contributed by atoms with Crippen molar-refractivity contribution in [2.24, 2.45) is 0 Å². The van der Waals surface area contributed by atoms with Gasteiger partial charge in [-0.25, -0.2) is 13.8 Å². The van der Waals surface area contributed by atoms with Crippen molar-refractivity contribution in [2.75, 3.05) is 5.73 Å². The van der Waals surface area contributed by atoms with Gasteiger partial charge in [-0.2, -0.15) is 0 Å². The molecule has 5 nitrogen and oxygen atoms in total. The van der Waals surface area contributed by atoms with Gasteiger partial charge < -0.3 is 5.73 Å². The highest BCUT2D eigenvalue weighted by Crippen LogP contribution is 2.18.